The van der Waals surface area contributed by atoms with Crippen molar-refractivity contribution >= 4 is 29.1 Å². The highest BCUT2D eigenvalue weighted by atomic mass is 35.5. The van der Waals surface area contributed by atoms with Crippen molar-refractivity contribution in [3.05, 3.63) is 51.1 Å². The standard InChI is InChI=1S/C40H49ClO8/c1-20(2)23-13-15-38(8)19-25(23)28-31(47-38)24(12-14-36(4,5)41)32-29(33(28)45-9)30(42)26-17-22-18-27-37(6,7)49-39(34(22)43,40(26,27)48-32)16-11-21(3)35(44)46-10/h11,17,22,25,27H,12-16,18-19H2,1-10H3. The Kier molecular flexibility index (Phi) is 7.68. The van der Waals surface area contributed by atoms with E-state index >= 15 is 4.79 Å². The number of ether oxygens (including phenoxy) is 5. The lowest BCUT2D eigenvalue weighted by atomic mass is 9.51. The molecule has 3 heterocycles. The van der Waals surface area contributed by atoms with Gasteiger partial charge in [0.15, 0.2) is 22.8 Å². The van der Waals surface area contributed by atoms with E-state index in [1.165, 1.54) is 18.3 Å². The number of allylic oxidation sites excluding steroid dienone is 3. The average Bonchev–Trinajstić information content (AvgIpc) is 3.18. The zero-order valence-electron chi connectivity index (χ0n) is 30.5. The number of ketones is 2. The molecule has 1 spiro atoms. The normalized spacial score (nSPS) is 33.5. The molecule has 9 heteroatoms. The summed E-state index contributed by atoms with van der Waals surface area (Å²) in [5, 5.41) is 0. The lowest BCUT2D eigenvalue weighted by Gasteiger charge is -2.56. The molecule has 6 bridgehead atoms. The molecule has 3 aliphatic heterocycles. The highest BCUT2D eigenvalue weighted by Gasteiger charge is 2.81. The zero-order chi connectivity index (χ0) is 35.6. The fourth-order valence-electron chi connectivity index (χ4n) is 9.98. The van der Waals surface area contributed by atoms with Crippen LogP contribution in [0.5, 0.6) is 17.2 Å². The molecular formula is C40H49ClO8. The summed E-state index contributed by atoms with van der Waals surface area (Å²) < 4.78 is 32.6. The van der Waals surface area contributed by atoms with Gasteiger partial charge in [-0.3, -0.25) is 9.59 Å². The van der Waals surface area contributed by atoms with Gasteiger partial charge in [0.2, 0.25) is 0 Å². The van der Waals surface area contributed by atoms with E-state index in [1.54, 1.807) is 20.1 Å². The number of hydrogen-bond donors (Lipinski definition) is 0. The summed E-state index contributed by atoms with van der Waals surface area (Å²) in [6.45, 7) is 16.0. The van der Waals surface area contributed by atoms with E-state index in [0.29, 0.717) is 53.2 Å². The second kappa shape index (κ2) is 10.9. The van der Waals surface area contributed by atoms with E-state index in [2.05, 4.69) is 20.8 Å². The number of Topliss-reactive ketones (excluding diaryl/α,β-unsaturated/α-hetero) is 2. The summed E-state index contributed by atoms with van der Waals surface area (Å²) in [7, 11) is 2.93. The Hall–Kier alpha value is -3.10. The van der Waals surface area contributed by atoms with E-state index in [1.807, 2.05) is 33.8 Å². The number of carbonyl (C=O) groups excluding carboxylic acids is 3. The van der Waals surface area contributed by atoms with Gasteiger partial charge in [-0.25, -0.2) is 4.79 Å². The van der Waals surface area contributed by atoms with Gasteiger partial charge >= 0.3 is 5.97 Å². The topological polar surface area (TPSA) is 97.4 Å². The van der Waals surface area contributed by atoms with Crippen LogP contribution in [0.25, 0.3) is 0 Å². The molecule has 49 heavy (non-hydrogen) atoms. The second-order valence-corrected chi connectivity index (χ2v) is 17.7. The molecule has 3 fully saturated rings. The quantitative estimate of drug-likeness (QED) is 0.123. The number of alkyl halides is 1. The number of esters is 1. The number of hydrogen-bond acceptors (Lipinski definition) is 8. The van der Waals surface area contributed by atoms with Crippen LogP contribution in [0.1, 0.15) is 121 Å². The van der Waals surface area contributed by atoms with Crippen molar-refractivity contribution in [3.63, 3.8) is 0 Å². The lowest BCUT2D eigenvalue weighted by molar-refractivity contribution is -0.171. The first-order valence-electron chi connectivity index (χ1n) is 17.6. The van der Waals surface area contributed by atoms with Crippen LogP contribution < -0.4 is 14.2 Å². The Bertz CT molecular complexity index is 1790. The molecule has 0 N–H and O–H groups in total. The monoisotopic (exact) mass is 692 g/mol. The van der Waals surface area contributed by atoms with Crippen molar-refractivity contribution < 1.29 is 38.1 Å². The Morgan fingerprint density at radius 1 is 1.10 bits per heavy atom. The van der Waals surface area contributed by atoms with Gasteiger partial charge in [0, 0.05) is 51.3 Å². The molecule has 2 saturated carbocycles. The first kappa shape index (κ1) is 34.4. The van der Waals surface area contributed by atoms with Gasteiger partial charge in [-0.15, -0.1) is 11.6 Å². The van der Waals surface area contributed by atoms with E-state index in [0.717, 1.165) is 30.4 Å². The largest absolute Gasteiger partial charge is 0.495 e. The van der Waals surface area contributed by atoms with Gasteiger partial charge < -0.3 is 23.7 Å². The van der Waals surface area contributed by atoms with Crippen LogP contribution in [-0.2, 0) is 25.5 Å². The Balaban J connectivity index is 1.53. The SMILES string of the molecule is COC(=O)C(C)=CCC12OC(C)(C)C3CC(C=C4C(=O)c5c(c(CCC(C)(C)Cl)c6c(c5OC)C5CC(C)(CCC5=C(C)C)O6)OC431)C2=O. The van der Waals surface area contributed by atoms with Gasteiger partial charge in [0.1, 0.15) is 28.4 Å². The molecule has 0 aromatic heterocycles. The van der Waals surface area contributed by atoms with Gasteiger partial charge in [-0.05, 0) is 93.9 Å². The predicted molar refractivity (Wildman–Crippen MR) is 186 cm³/mol. The Morgan fingerprint density at radius 3 is 2.45 bits per heavy atom. The summed E-state index contributed by atoms with van der Waals surface area (Å²) in [4.78, 5) is 41.8. The van der Waals surface area contributed by atoms with E-state index in [9.17, 15) is 9.59 Å². The molecule has 6 unspecified atom stereocenters. The first-order chi connectivity index (χ1) is 22.8. The van der Waals surface area contributed by atoms with Crippen molar-refractivity contribution in [1.29, 1.82) is 0 Å². The summed E-state index contributed by atoms with van der Waals surface area (Å²) in [6, 6.07) is 0. The molecule has 8 nitrogen and oxygen atoms in total. The minimum atomic E-state index is -1.54. The molecule has 8 rings (SSSR count). The van der Waals surface area contributed by atoms with Gasteiger partial charge in [-0.1, -0.05) is 23.3 Å². The van der Waals surface area contributed by atoms with Gasteiger partial charge in [-0.2, -0.15) is 0 Å². The van der Waals surface area contributed by atoms with Gasteiger partial charge in [0.05, 0.1) is 19.8 Å². The predicted octanol–water partition coefficient (Wildman–Crippen LogP) is 7.92. The lowest BCUT2D eigenvalue weighted by Crippen LogP contribution is -2.72. The molecule has 1 saturated heterocycles. The molecule has 1 aromatic carbocycles. The number of benzene rings is 1. The number of rotatable bonds is 7. The maximum atomic E-state index is 15.3. The maximum Gasteiger partial charge on any atom is 0.333 e. The Morgan fingerprint density at radius 2 is 1.82 bits per heavy atom. The molecule has 264 valence electrons. The first-order valence-corrected chi connectivity index (χ1v) is 18.0. The van der Waals surface area contributed by atoms with Crippen LogP contribution in [0.2, 0.25) is 0 Å². The molecular weight excluding hydrogens is 644 g/mol. The smallest absolute Gasteiger partial charge is 0.333 e. The molecule has 1 aromatic rings. The van der Waals surface area contributed by atoms with Crippen LogP contribution in [0.4, 0.5) is 0 Å². The molecule has 6 atom stereocenters. The van der Waals surface area contributed by atoms with Crippen LogP contribution in [0.3, 0.4) is 0 Å². The van der Waals surface area contributed by atoms with E-state index < -0.39 is 39.2 Å². The average molecular weight is 693 g/mol. The van der Waals surface area contributed by atoms with Crippen LogP contribution in [0, 0.1) is 11.8 Å². The molecule has 4 aliphatic carbocycles. The summed E-state index contributed by atoms with van der Waals surface area (Å²) in [5.74, 6) is -0.100. The summed E-state index contributed by atoms with van der Waals surface area (Å²) in [5.41, 5.74) is 1.26. The molecule has 0 amide bonds. The Labute approximate surface area is 294 Å². The minimum Gasteiger partial charge on any atom is -0.495 e. The third-order valence-corrected chi connectivity index (χ3v) is 12.5. The molecule has 0 radical (unpaired) electrons. The number of halogens is 1. The van der Waals surface area contributed by atoms with Crippen molar-refractivity contribution in [3.8, 4) is 17.2 Å². The maximum absolute atomic E-state index is 15.3. The minimum absolute atomic E-state index is 0.0220. The third kappa shape index (κ3) is 4.68. The van der Waals surface area contributed by atoms with Crippen LogP contribution in [0.15, 0.2) is 34.4 Å². The van der Waals surface area contributed by atoms with Gasteiger partial charge in [0.25, 0.3) is 0 Å². The highest BCUT2D eigenvalue weighted by Crippen LogP contribution is 2.69. The third-order valence-electron chi connectivity index (χ3n) is 12.3. The van der Waals surface area contributed by atoms with Crippen LogP contribution in [-0.4, -0.2) is 59.0 Å². The van der Waals surface area contributed by atoms with Crippen molar-refractivity contribution in [1.82, 2.24) is 0 Å². The number of methoxy groups -OCH3 is 2. The van der Waals surface area contributed by atoms with E-state index in [4.69, 9.17) is 35.3 Å². The number of carbonyl (C=O) groups is 3. The highest BCUT2D eigenvalue weighted by molar-refractivity contribution is 6.23. The number of fused-ring (bicyclic) bond motifs is 5. The summed E-state index contributed by atoms with van der Waals surface area (Å²) in [6.07, 6.45) is 7.69. The fraction of sp³-hybridized carbons (Fsp3) is 0.625. The zero-order valence-corrected chi connectivity index (χ0v) is 31.2. The fourth-order valence-corrected chi connectivity index (χ4v) is 10.1. The second-order valence-electron chi connectivity index (χ2n) is 16.6. The van der Waals surface area contributed by atoms with Crippen molar-refractivity contribution in [2.45, 2.75) is 134 Å². The van der Waals surface area contributed by atoms with Crippen molar-refractivity contribution in [2.24, 2.45) is 11.8 Å². The molecule has 7 aliphatic rings. The van der Waals surface area contributed by atoms with Crippen LogP contribution >= 0.6 is 11.6 Å². The van der Waals surface area contributed by atoms with Crippen molar-refractivity contribution in [2.75, 3.05) is 14.2 Å². The summed E-state index contributed by atoms with van der Waals surface area (Å²) >= 11 is 6.84. The van der Waals surface area contributed by atoms with E-state index in [-0.39, 0.29) is 29.8 Å².